The maximum absolute atomic E-state index is 12.0. The Morgan fingerprint density at radius 2 is 1.95 bits per heavy atom. The Bertz CT molecular complexity index is 528. The summed E-state index contributed by atoms with van der Waals surface area (Å²) in [5, 5.41) is 2.99. The zero-order valence-corrected chi connectivity index (χ0v) is 12.3. The van der Waals surface area contributed by atoms with E-state index in [4.69, 9.17) is 17.3 Å². The van der Waals surface area contributed by atoms with Crippen molar-refractivity contribution in [2.75, 3.05) is 13.1 Å². The summed E-state index contributed by atoms with van der Waals surface area (Å²) in [6.07, 6.45) is 0. The molecule has 0 aliphatic carbocycles. The Balaban J connectivity index is 2.36. The van der Waals surface area contributed by atoms with Crippen molar-refractivity contribution in [1.82, 2.24) is 10.2 Å². The van der Waals surface area contributed by atoms with Crippen LogP contribution in [0.1, 0.15) is 25.5 Å². The molecule has 0 aromatic heterocycles. The Labute approximate surface area is 123 Å². The van der Waals surface area contributed by atoms with E-state index in [2.05, 4.69) is 5.32 Å². The third-order valence-electron chi connectivity index (χ3n) is 3.69. The molecule has 2 rings (SSSR count). The number of rotatable bonds is 3. The van der Waals surface area contributed by atoms with Gasteiger partial charge in [-0.1, -0.05) is 23.7 Å². The van der Waals surface area contributed by atoms with Gasteiger partial charge in [-0.25, -0.2) is 0 Å². The van der Waals surface area contributed by atoms with Gasteiger partial charge >= 0.3 is 0 Å². The zero-order valence-electron chi connectivity index (χ0n) is 11.5. The van der Waals surface area contributed by atoms with Gasteiger partial charge in [-0.05, 0) is 31.5 Å². The first kappa shape index (κ1) is 15.0. The second-order valence-corrected chi connectivity index (χ2v) is 5.80. The molecular formula is C14H18ClN3O2. The maximum atomic E-state index is 12.0. The topological polar surface area (TPSA) is 75.4 Å². The zero-order chi connectivity index (χ0) is 14.9. The lowest BCUT2D eigenvalue weighted by atomic mass is 9.93. The van der Waals surface area contributed by atoms with Crippen molar-refractivity contribution in [2.45, 2.75) is 25.4 Å². The summed E-state index contributed by atoms with van der Waals surface area (Å²) in [6, 6.07) is 7.08. The van der Waals surface area contributed by atoms with Gasteiger partial charge in [0.2, 0.25) is 11.8 Å². The van der Waals surface area contributed by atoms with Crippen LogP contribution in [0.15, 0.2) is 24.3 Å². The van der Waals surface area contributed by atoms with Crippen LogP contribution in [0.4, 0.5) is 0 Å². The van der Waals surface area contributed by atoms with Gasteiger partial charge in [0.15, 0.2) is 0 Å². The fourth-order valence-electron chi connectivity index (χ4n) is 2.43. The molecule has 108 valence electrons. The highest BCUT2D eigenvalue weighted by Crippen LogP contribution is 2.30. The molecule has 1 aliphatic heterocycles. The van der Waals surface area contributed by atoms with Gasteiger partial charge in [-0.15, -0.1) is 0 Å². The second kappa shape index (κ2) is 5.52. The smallest absolute Gasteiger partial charge is 0.246 e. The van der Waals surface area contributed by atoms with Crippen molar-refractivity contribution >= 4 is 23.4 Å². The van der Waals surface area contributed by atoms with Crippen molar-refractivity contribution in [3.63, 3.8) is 0 Å². The molecule has 0 spiro atoms. The van der Waals surface area contributed by atoms with E-state index in [1.807, 2.05) is 17.0 Å². The lowest BCUT2D eigenvalue weighted by molar-refractivity contribution is -0.147. The summed E-state index contributed by atoms with van der Waals surface area (Å²) in [7, 11) is 0. The Morgan fingerprint density at radius 3 is 2.50 bits per heavy atom. The highest BCUT2D eigenvalue weighted by Gasteiger charge is 2.44. The number of benzene rings is 1. The van der Waals surface area contributed by atoms with Crippen molar-refractivity contribution in [3.05, 3.63) is 34.9 Å². The predicted octanol–water partition coefficient (Wildman–Crippen LogP) is 1.08. The van der Waals surface area contributed by atoms with E-state index >= 15 is 0 Å². The fraction of sp³-hybridized carbons (Fsp3) is 0.429. The van der Waals surface area contributed by atoms with Crippen LogP contribution in [0.25, 0.3) is 0 Å². The number of piperazine rings is 1. The summed E-state index contributed by atoms with van der Waals surface area (Å²) in [4.78, 5) is 25.5. The monoisotopic (exact) mass is 295 g/mol. The van der Waals surface area contributed by atoms with Crippen molar-refractivity contribution in [3.8, 4) is 0 Å². The molecule has 2 amide bonds. The maximum Gasteiger partial charge on any atom is 0.246 e. The average Bonchev–Trinajstić information content (AvgIpc) is 2.38. The Morgan fingerprint density at radius 1 is 1.35 bits per heavy atom. The quantitative estimate of drug-likeness (QED) is 0.818. The molecule has 5 nitrogen and oxygen atoms in total. The van der Waals surface area contributed by atoms with Crippen molar-refractivity contribution in [1.29, 1.82) is 0 Å². The van der Waals surface area contributed by atoms with Gasteiger partial charge < -0.3 is 5.73 Å². The van der Waals surface area contributed by atoms with E-state index < -0.39 is 5.54 Å². The molecule has 6 heteroatoms. The summed E-state index contributed by atoms with van der Waals surface area (Å²) >= 11 is 5.88. The first-order chi connectivity index (χ1) is 9.36. The van der Waals surface area contributed by atoms with E-state index in [1.165, 1.54) is 0 Å². The normalized spacial score (nSPS) is 20.6. The Hall–Kier alpha value is -1.43. The van der Waals surface area contributed by atoms with Crippen LogP contribution >= 0.6 is 11.6 Å². The van der Waals surface area contributed by atoms with Gasteiger partial charge in [-0.2, -0.15) is 0 Å². The number of nitrogens with one attached hydrogen (secondary N) is 1. The van der Waals surface area contributed by atoms with E-state index in [-0.39, 0.29) is 24.4 Å². The van der Waals surface area contributed by atoms with E-state index in [0.717, 1.165) is 5.56 Å². The molecule has 1 saturated heterocycles. The lowest BCUT2D eigenvalue weighted by Gasteiger charge is -2.44. The minimum absolute atomic E-state index is 0.142. The predicted molar refractivity (Wildman–Crippen MR) is 77.2 cm³/mol. The number of carbonyl (C=O) groups excluding carboxylic acids is 2. The van der Waals surface area contributed by atoms with Crippen molar-refractivity contribution in [2.24, 2.45) is 5.73 Å². The molecule has 20 heavy (non-hydrogen) atoms. The first-order valence-electron chi connectivity index (χ1n) is 6.43. The average molecular weight is 296 g/mol. The van der Waals surface area contributed by atoms with Crippen LogP contribution in [0.3, 0.4) is 0 Å². The van der Waals surface area contributed by atoms with Crippen LogP contribution in [-0.4, -0.2) is 35.3 Å². The Kier molecular flexibility index (Phi) is 4.13. The third-order valence-corrected chi connectivity index (χ3v) is 3.95. The third kappa shape index (κ3) is 2.70. The molecule has 0 saturated carbocycles. The van der Waals surface area contributed by atoms with Crippen LogP contribution in [0.5, 0.6) is 0 Å². The molecular weight excluding hydrogens is 278 g/mol. The van der Waals surface area contributed by atoms with Gasteiger partial charge in [0, 0.05) is 17.6 Å². The number of amides is 2. The highest BCUT2D eigenvalue weighted by atomic mass is 35.5. The molecule has 1 unspecified atom stereocenters. The lowest BCUT2D eigenvalue weighted by Crippen LogP contribution is -2.65. The number of nitrogens with two attached hydrogens (primary N) is 1. The molecule has 1 heterocycles. The van der Waals surface area contributed by atoms with Gasteiger partial charge in [0.1, 0.15) is 0 Å². The minimum Gasteiger partial charge on any atom is -0.329 e. The van der Waals surface area contributed by atoms with Crippen molar-refractivity contribution < 1.29 is 9.59 Å². The number of imide groups is 1. The standard InChI is InChI=1S/C14H18ClN3O2/c1-14(2)13(20)17-12(19)8-18(14)11(7-16)9-3-5-10(15)6-4-9/h3-6,11H,7-8,16H2,1-2H3,(H,17,19,20). The fourth-order valence-corrected chi connectivity index (χ4v) is 2.56. The second-order valence-electron chi connectivity index (χ2n) is 5.37. The molecule has 1 atom stereocenters. The molecule has 1 fully saturated rings. The molecule has 3 N–H and O–H groups in total. The minimum atomic E-state index is -0.794. The number of nitrogens with zero attached hydrogens (tertiary/aromatic N) is 1. The molecule has 1 aromatic carbocycles. The highest BCUT2D eigenvalue weighted by molar-refractivity contribution is 6.30. The molecule has 0 bridgehead atoms. The van der Waals surface area contributed by atoms with E-state index in [1.54, 1.807) is 26.0 Å². The van der Waals surface area contributed by atoms with Gasteiger partial charge in [-0.3, -0.25) is 19.8 Å². The van der Waals surface area contributed by atoms with Gasteiger partial charge in [0.05, 0.1) is 12.1 Å². The number of hydrogen-bond donors (Lipinski definition) is 2. The molecule has 1 aromatic rings. The van der Waals surface area contributed by atoms with Crippen LogP contribution < -0.4 is 11.1 Å². The summed E-state index contributed by atoms with van der Waals surface area (Å²) in [5.41, 5.74) is 6.01. The molecule has 1 aliphatic rings. The molecule has 0 radical (unpaired) electrons. The van der Waals surface area contributed by atoms with Crippen LogP contribution in [0.2, 0.25) is 5.02 Å². The first-order valence-corrected chi connectivity index (χ1v) is 6.80. The number of halogens is 1. The summed E-state index contributed by atoms with van der Waals surface area (Å²) < 4.78 is 0. The summed E-state index contributed by atoms with van der Waals surface area (Å²) in [5.74, 6) is -0.608. The number of carbonyl (C=O) groups is 2. The van der Waals surface area contributed by atoms with Gasteiger partial charge in [0.25, 0.3) is 0 Å². The van der Waals surface area contributed by atoms with E-state index in [0.29, 0.717) is 11.6 Å². The van der Waals surface area contributed by atoms with Crippen LogP contribution in [0, 0.1) is 0 Å². The van der Waals surface area contributed by atoms with E-state index in [9.17, 15) is 9.59 Å². The number of hydrogen-bond acceptors (Lipinski definition) is 4. The summed E-state index contributed by atoms with van der Waals surface area (Å²) in [6.45, 7) is 4.02. The largest absolute Gasteiger partial charge is 0.329 e. The SMILES string of the molecule is CC1(C)C(=O)NC(=O)CN1C(CN)c1ccc(Cl)cc1. The van der Waals surface area contributed by atoms with Crippen LogP contribution in [-0.2, 0) is 9.59 Å².